The molecular weight excluding hydrogens is 274 g/mol. The minimum Gasteiger partial charge on any atom is -0.484 e. The summed E-state index contributed by atoms with van der Waals surface area (Å²) in [6, 6.07) is 9.95. The quantitative estimate of drug-likeness (QED) is 0.820. The highest BCUT2D eigenvalue weighted by molar-refractivity contribution is 5.89. The van der Waals surface area contributed by atoms with E-state index >= 15 is 0 Å². The number of benzene rings is 1. The van der Waals surface area contributed by atoms with Gasteiger partial charge in [-0.15, -0.1) is 0 Å². The summed E-state index contributed by atoms with van der Waals surface area (Å²) >= 11 is 0. The van der Waals surface area contributed by atoms with Gasteiger partial charge in [-0.2, -0.15) is 0 Å². The molecule has 2 rings (SSSR count). The first-order valence-corrected chi connectivity index (χ1v) is 6.29. The van der Waals surface area contributed by atoms with E-state index in [9.17, 15) is 9.59 Å². The molecule has 0 unspecified atom stereocenters. The van der Waals surface area contributed by atoms with Crippen LogP contribution in [-0.4, -0.2) is 25.6 Å². The molecule has 1 heterocycles. The van der Waals surface area contributed by atoms with Crippen molar-refractivity contribution in [3.05, 3.63) is 54.0 Å². The molecule has 0 spiro atoms. The average molecular weight is 289 g/mol. The van der Waals surface area contributed by atoms with Gasteiger partial charge in [0.1, 0.15) is 11.5 Å². The van der Waals surface area contributed by atoms with Crippen LogP contribution in [0.5, 0.6) is 5.75 Å². The lowest BCUT2D eigenvalue weighted by Crippen LogP contribution is -2.28. The summed E-state index contributed by atoms with van der Waals surface area (Å²) in [7, 11) is 1.30. The number of esters is 1. The molecular formula is C15H15NO5. The maximum atomic E-state index is 11.6. The molecule has 1 aromatic heterocycles. The van der Waals surface area contributed by atoms with Gasteiger partial charge in [0.15, 0.2) is 6.61 Å². The molecule has 0 aliphatic carbocycles. The Kier molecular flexibility index (Phi) is 4.98. The van der Waals surface area contributed by atoms with Gasteiger partial charge in [0.05, 0.1) is 25.5 Å². The molecule has 6 nitrogen and oxygen atoms in total. The third kappa shape index (κ3) is 4.38. The van der Waals surface area contributed by atoms with E-state index in [-0.39, 0.29) is 12.5 Å². The maximum Gasteiger partial charge on any atom is 0.337 e. The lowest BCUT2D eigenvalue weighted by molar-refractivity contribution is -0.123. The molecule has 110 valence electrons. The first-order valence-electron chi connectivity index (χ1n) is 6.29. The molecule has 0 aliphatic rings. The minimum absolute atomic E-state index is 0.147. The fourth-order valence-electron chi connectivity index (χ4n) is 1.63. The summed E-state index contributed by atoms with van der Waals surface area (Å²) < 4.78 is 15.0. The molecule has 1 aromatic carbocycles. The first kappa shape index (κ1) is 14.6. The van der Waals surface area contributed by atoms with Gasteiger partial charge in [0.25, 0.3) is 5.91 Å². The highest BCUT2D eigenvalue weighted by atomic mass is 16.5. The van der Waals surface area contributed by atoms with Crippen molar-refractivity contribution in [1.82, 2.24) is 5.32 Å². The standard InChI is InChI=1S/C15H15NO5/c1-19-15(18)11-4-2-5-12(8-11)21-10-14(17)16-9-13-6-3-7-20-13/h2-8H,9-10H2,1H3,(H,16,17). The topological polar surface area (TPSA) is 77.8 Å². The summed E-state index contributed by atoms with van der Waals surface area (Å²) in [4.78, 5) is 23.0. The van der Waals surface area contributed by atoms with Gasteiger partial charge in [-0.3, -0.25) is 4.79 Å². The van der Waals surface area contributed by atoms with Crippen LogP contribution in [0.3, 0.4) is 0 Å². The predicted molar refractivity (Wildman–Crippen MR) is 73.8 cm³/mol. The van der Waals surface area contributed by atoms with Crippen LogP contribution < -0.4 is 10.1 Å². The van der Waals surface area contributed by atoms with E-state index in [1.165, 1.54) is 19.4 Å². The number of amides is 1. The van der Waals surface area contributed by atoms with Crippen molar-refractivity contribution in [3.8, 4) is 5.75 Å². The largest absolute Gasteiger partial charge is 0.484 e. The predicted octanol–water partition coefficient (Wildman–Crippen LogP) is 1.76. The van der Waals surface area contributed by atoms with E-state index in [1.807, 2.05) is 0 Å². The van der Waals surface area contributed by atoms with Crippen molar-refractivity contribution in [2.75, 3.05) is 13.7 Å². The Balaban J connectivity index is 1.82. The van der Waals surface area contributed by atoms with Crippen LogP contribution in [0.2, 0.25) is 0 Å². The number of ether oxygens (including phenoxy) is 2. The van der Waals surface area contributed by atoms with Crippen LogP contribution in [0.4, 0.5) is 0 Å². The lowest BCUT2D eigenvalue weighted by Gasteiger charge is -2.07. The number of carbonyl (C=O) groups is 2. The van der Waals surface area contributed by atoms with Gasteiger partial charge in [-0.1, -0.05) is 6.07 Å². The number of hydrogen-bond donors (Lipinski definition) is 1. The summed E-state index contributed by atoms with van der Waals surface area (Å²) in [5, 5.41) is 2.65. The number of rotatable bonds is 6. The summed E-state index contributed by atoms with van der Waals surface area (Å²) in [6.07, 6.45) is 1.54. The molecule has 0 saturated carbocycles. The van der Waals surface area contributed by atoms with Crippen LogP contribution >= 0.6 is 0 Å². The van der Waals surface area contributed by atoms with Gasteiger partial charge in [-0.05, 0) is 30.3 Å². The summed E-state index contributed by atoms with van der Waals surface area (Å²) in [5.74, 6) is 0.347. The molecule has 1 amide bonds. The SMILES string of the molecule is COC(=O)c1cccc(OCC(=O)NCc2ccco2)c1. The van der Waals surface area contributed by atoms with E-state index in [2.05, 4.69) is 10.1 Å². The Labute approximate surface area is 121 Å². The van der Waals surface area contributed by atoms with Crippen LogP contribution in [0, 0.1) is 0 Å². The van der Waals surface area contributed by atoms with Gasteiger partial charge < -0.3 is 19.2 Å². The average Bonchev–Trinajstić information content (AvgIpc) is 3.04. The van der Waals surface area contributed by atoms with Gasteiger partial charge >= 0.3 is 5.97 Å². The molecule has 0 fully saturated rings. The highest BCUT2D eigenvalue weighted by Crippen LogP contribution is 2.13. The molecule has 21 heavy (non-hydrogen) atoms. The number of hydrogen-bond acceptors (Lipinski definition) is 5. The molecule has 0 bridgehead atoms. The molecule has 1 N–H and O–H groups in total. The van der Waals surface area contributed by atoms with Crippen LogP contribution in [0.1, 0.15) is 16.1 Å². The Morgan fingerprint density at radius 3 is 2.81 bits per heavy atom. The van der Waals surface area contributed by atoms with Gasteiger partial charge in [0, 0.05) is 0 Å². The Bertz CT molecular complexity index is 606. The molecule has 2 aromatic rings. The van der Waals surface area contributed by atoms with Crippen molar-refractivity contribution in [3.63, 3.8) is 0 Å². The monoisotopic (exact) mass is 289 g/mol. The second-order valence-electron chi connectivity index (χ2n) is 4.16. The Morgan fingerprint density at radius 1 is 1.24 bits per heavy atom. The number of methoxy groups -OCH3 is 1. The second kappa shape index (κ2) is 7.14. The third-order valence-corrected chi connectivity index (χ3v) is 2.66. The number of carbonyl (C=O) groups excluding carboxylic acids is 2. The normalized spacial score (nSPS) is 9.95. The van der Waals surface area contributed by atoms with Crippen molar-refractivity contribution in [2.45, 2.75) is 6.54 Å². The van der Waals surface area contributed by atoms with Crippen molar-refractivity contribution in [1.29, 1.82) is 0 Å². The second-order valence-corrected chi connectivity index (χ2v) is 4.16. The smallest absolute Gasteiger partial charge is 0.337 e. The van der Waals surface area contributed by atoms with Crippen molar-refractivity contribution in [2.24, 2.45) is 0 Å². The van der Waals surface area contributed by atoms with Crippen LogP contribution in [-0.2, 0) is 16.1 Å². The number of furan rings is 1. The molecule has 0 aliphatic heterocycles. The zero-order valence-corrected chi connectivity index (χ0v) is 11.5. The highest BCUT2D eigenvalue weighted by Gasteiger charge is 2.08. The van der Waals surface area contributed by atoms with Crippen molar-refractivity contribution < 1.29 is 23.5 Å². The zero-order valence-electron chi connectivity index (χ0n) is 11.5. The summed E-state index contributed by atoms with van der Waals surface area (Å²) in [6.45, 7) is 0.155. The Hall–Kier alpha value is -2.76. The van der Waals surface area contributed by atoms with E-state index < -0.39 is 5.97 Å². The van der Waals surface area contributed by atoms with Crippen LogP contribution in [0.15, 0.2) is 47.1 Å². The summed E-state index contributed by atoms with van der Waals surface area (Å²) in [5.41, 5.74) is 0.367. The van der Waals surface area contributed by atoms with Crippen molar-refractivity contribution >= 4 is 11.9 Å². The van der Waals surface area contributed by atoms with E-state index in [0.717, 1.165) is 0 Å². The zero-order chi connectivity index (χ0) is 15.1. The van der Waals surface area contributed by atoms with E-state index in [4.69, 9.17) is 9.15 Å². The number of nitrogens with one attached hydrogen (secondary N) is 1. The molecule has 0 radical (unpaired) electrons. The fraction of sp³-hybridized carbons (Fsp3) is 0.200. The van der Waals surface area contributed by atoms with Crippen LogP contribution in [0.25, 0.3) is 0 Å². The molecule has 0 atom stereocenters. The van der Waals surface area contributed by atoms with E-state index in [0.29, 0.717) is 23.6 Å². The maximum absolute atomic E-state index is 11.6. The molecule has 0 saturated heterocycles. The minimum atomic E-state index is -0.456. The third-order valence-electron chi connectivity index (χ3n) is 2.66. The fourth-order valence-corrected chi connectivity index (χ4v) is 1.63. The first-order chi connectivity index (χ1) is 10.2. The van der Waals surface area contributed by atoms with Gasteiger partial charge in [-0.25, -0.2) is 4.79 Å². The lowest BCUT2D eigenvalue weighted by atomic mass is 10.2. The molecule has 6 heteroatoms. The van der Waals surface area contributed by atoms with E-state index in [1.54, 1.807) is 30.3 Å². The van der Waals surface area contributed by atoms with Gasteiger partial charge in [0.2, 0.25) is 0 Å². The Morgan fingerprint density at radius 2 is 2.10 bits per heavy atom.